The number of fused-ring (bicyclic) bond motifs is 1. The molecule has 0 bridgehead atoms. The second-order valence-corrected chi connectivity index (χ2v) is 7.88. The van der Waals surface area contributed by atoms with E-state index in [4.69, 9.17) is 37.1 Å². The molecule has 1 N–H and O–H groups in total. The highest BCUT2D eigenvalue weighted by molar-refractivity contribution is 6.42. The van der Waals surface area contributed by atoms with Gasteiger partial charge in [0.25, 0.3) is 5.91 Å². The van der Waals surface area contributed by atoms with Crippen LogP contribution in [0.4, 0.5) is 0 Å². The SMILES string of the molecule is COc1cc(CNC(=O)c2cc3ccc(-c4ccc(Cl)c(Cl)c4)nc3c(=O)o2)cc(OC)c1. The molecule has 168 valence electrons. The molecule has 2 heterocycles. The molecule has 9 heteroatoms. The summed E-state index contributed by atoms with van der Waals surface area (Å²) in [5.74, 6) is 0.537. The fourth-order valence-corrected chi connectivity index (χ4v) is 3.53. The van der Waals surface area contributed by atoms with Crippen molar-refractivity contribution in [2.24, 2.45) is 0 Å². The summed E-state index contributed by atoms with van der Waals surface area (Å²) in [4.78, 5) is 29.6. The fourth-order valence-electron chi connectivity index (χ4n) is 3.23. The third kappa shape index (κ3) is 4.94. The second-order valence-electron chi connectivity index (χ2n) is 7.06. The maximum atomic E-state index is 12.6. The number of nitrogens with one attached hydrogen (secondary N) is 1. The zero-order valence-corrected chi connectivity index (χ0v) is 19.2. The lowest BCUT2D eigenvalue weighted by molar-refractivity contribution is 0.0919. The van der Waals surface area contributed by atoms with Gasteiger partial charge in [-0.2, -0.15) is 0 Å². The van der Waals surface area contributed by atoms with E-state index in [1.54, 1.807) is 62.8 Å². The lowest BCUT2D eigenvalue weighted by Crippen LogP contribution is -2.24. The van der Waals surface area contributed by atoms with Crippen LogP contribution in [0.15, 0.2) is 63.8 Å². The van der Waals surface area contributed by atoms with E-state index in [0.717, 1.165) is 5.56 Å². The molecule has 4 rings (SSSR count). The maximum Gasteiger partial charge on any atom is 0.363 e. The van der Waals surface area contributed by atoms with Crippen molar-refractivity contribution in [1.82, 2.24) is 10.3 Å². The Bertz CT molecular complexity index is 1400. The normalized spacial score (nSPS) is 10.8. The Hall–Kier alpha value is -3.55. The maximum absolute atomic E-state index is 12.6. The highest BCUT2D eigenvalue weighted by Crippen LogP contribution is 2.28. The number of carbonyl (C=O) groups excluding carboxylic acids is 1. The summed E-state index contributed by atoms with van der Waals surface area (Å²) in [6.45, 7) is 0.183. The van der Waals surface area contributed by atoms with Crippen molar-refractivity contribution >= 4 is 40.0 Å². The monoisotopic (exact) mass is 484 g/mol. The fraction of sp³-hybridized carbons (Fsp3) is 0.125. The van der Waals surface area contributed by atoms with Gasteiger partial charge in [-0.1, -0.05) is 35.3 Å². The molecule has 0 aliphatic rings. The molecular weight excluding hydrogens is 467 g/mol. The van der Waals surface area contributed by atoms with Gasteiger partial charge in [0, 0.05) is 23.6 Å². The zero-order chi connectivity index (χ0) is 23.5. The predicted molar refractivity (Wildman–Crippen MR) is 126 cm³/mol. The number of pyridine rings is 1. The third-order valence-corrected chi connectivity index (χ3v) is 5.65. The Morgan fingerprint density at radius 1 is 0.970 bits per heavy atom. The summed E-state index contributed by atoms with van der Waals surface area (Å²) in [6, 6.07) is 15.2. The molecule has 0 fully saturated rings. The second kappa shape index (κ2) is 9.52. The number of benzene rings is 2. The number of rotatable bonds is 6. The van der Waals surface area contributed by atoms with Gasteiger partial charge in [0.15, 0.2) is 11.3 Å². The van der Waals surface area contributed by atoms with Crippen molar-refractivity contribution in [2.45, 2.75) is 6.54 Å². The van der Waals surface area contributed by atoms with Crippen molar-refractivity contribution in [2.75, 3.05) is 14.2 Å². The molecule has 2 aromatic carbocycles. The Kier molecular flexibility index (Phi) is 6.53. The van der Waals surface area contributed by atoms with Crippen LogP contribution in [0, 0.1) is 0 Å². The van der Waals surface area contributed by atoms with Gasteiger partial charge >= 0.3 is 5.63 Å². The zero-order valence-electron chi connectivity index (χ0n) is 17.6. The quantitative estimate of drug-likeness (QED) is 0.408. The number of amides is 1. The van der Waals surface area contributed by atoms with Gasteiger partial charge < -0.3 is 19.2 Å². The van der Waals surface area contributed by atoms with Gasteiger partial charge in [-0.25, -0.2) is 9.78 Å². The average molecular weight is 485 g/mol. The van der Waals surface area contributed by atoms with E-state index >= 15 is 0 Å². The first-order valence-corrected chi connectivity index (χ1v) is 10.5. The molecule has 7 nitrogen and oxygen atoms in total. The minimum absolute atomic E-state index is 0.104. The van der Waals surface area contributed by atoms with E-state index in [-0.39, 0.29) is 17.8 Å². The number of methoxy groups -OCH3 is 2. The van der Waals surface area contributed by atoms with Crippen LogP contribution in [0.2, 0.25) is 10.0 Å². The molecule has 0 spiro atoms. The standard InChI is InChI=1S/C24H18Cl2N2O5/c1-31-16-7-13(8-17(11-16)32-2)12-27-23(29)21-10-15-4-6-20(28-22(15)24(30)33-21)14-3-5-18(25)19(26)9-14/h3-11H,12H2,1-2H3,(H,27,29). The first-order valence-electron chi connectivity index (χ1n) is 9.78. The van der Waals surface area contributed by atoms with Gasteiger partial charge in [-0.3, -0.25) is 4.79 Å². The van der Waals surface area contributed by atoms with Crippen molar-refractivity contribution < 1.29 is 18.7 Å². The molecule has 0 radical (unpaired) electrons. The first-order chi connectivity index (χ1) is 15.9. The topological polar surface area (TPSA) is 90.7 Å². The minimum Gasteiger partial charge on any atom is -0.497 e. The van der Waals surface area contributed by atoms with Gasteiger partial charge in [0.2, 0.25) is 0 Å². The van der Waals surface area contributed by atoms with E-state index in [9.17, 15) is 9.59 Å². The van der Waals surface area contributed by atoms with Crippen LogP contribution in [0.25, 0.3) is 22.2 Å². The van der Waals surface area contributed by atoms with E-state index < -0.39 is 11.5 Å². The van der Waals surface area contributed by atoms with E-state index in [1.807, 2.05) is 0 Å². The largest absolute Gasteiger partial charge is 0.497 e. The van der Waals surface area contributed by atoms with E-state index in [0.29, 0.717) is 38.2 Å². The van der Waals surface area contributed by atoms with E-state index in [2.05, 4.69) is 10.3 Å². The lowest BCUT2D eigenvalue weighted by atomic mass is 10.1. The summed E-state index contributed by atoms with van der Waals surface area (Å²) in [6.07, 6.45) is 0. The van der Waals surface area contributed by atoms with Gasteiger partial charge in [-0.15, -0.1) is 0 Å². The van der Waals surface area contributed by atoms with Crippen molar-refractivity contribution in [3.8, 4) is 22.8 Å². The van der Waals surface area contributed by atoms with Gasteiger partial charge in [0.05, 0.1) is 30.0 Å². The third-order valence-electron chi connectivity index (χ3n) is 4.91. The molecule has 4 aromatic rings. The molecule has 0 saturated heterocycles. The average Bonchev–Trinajstić information content (AvgIpc) is 2.83. The number of nitrogens with zero attached hydrogens (tertiary/aromatic N) is 1. The Morgan fingerprint density at radius 3 is 2.36 bits per heavy atom. The molecule has 0 atom stereocenters. The van der Waals surface area contributed by atoms with E-state index in [1.165, 1.54) is 6.07 Å². The van der Waals surface area contributed by atoms with Crippen molar-refractivity contribution in [3.63, 3.8) is 0 Å². The molecule has 33 heavy (non-hydrogen) atoms. The molecule has 0 unspecified atom stereocenters. The highest BCUT2D eigenvalue weighted by Gasteiger charge is 2.15. The minimum atomic E-state index is -0.720. The summed E-state index contributed by atoms with van der Waals surface area (Å²) in [7, 11) is 3.09. The number of halogens is 2. The van der Waals surface area contributed by atoms with Crippen LogP contribution < -0.4 is 20.4 Å². The van der Waals surface area contributed by atoms with Crippen LogP contribution in [0.3, 0.4) is 0 Å². The highest BCUT2D eigenvalue weighted by atomic mass is 35.5. The Labute approximate surface area is 198 Å². The molecule has 2 aromatic heterocycles. The molecule has 1 amide bonds. The van der Waals surface area contributed by atoms with Crippen LogP contribution in [0.5, 0.6) is 11.5 Å². The number of hydrogen-bond acceptors (Lipinski definition) is 6. The van der Waals surface area contributed by atoms with Crippen molar-refractivity contribution in [1.29, 1.82) is 0 Å². The summed E-state index contributed by atoms with van der Waals surface area (Å²) in [5.41, 5.74) is 1.37. The van der Waals surface area contributed by atoms with Crippen LogP contribution in [0.1, 0.15) is 16.1 Å². The number of hydrogen-bond donors (Lipinski definition) is 1. The summed E-state index contributed by atoms with van der Waals surface area (Å²) >= 11 is 12.0. The van der Waals surface area contributed by atoms with Crippen LogP contribution in [-0.4, -0.2) is 25.1 Å². The van der Waals surface area contributed by atoms with Gasteiger partial charge in [0.1, 0.15) is 11.5 Å². The number of ether oxygens (including phenoxy) is 2. The summed E-state index contributed by atoms with van der Waals surface area (Å²) in [5, 5.41) is 4.00. The smallest absolute Gasteiger partial charge is 0.363 e. The Balaban J connectivity index is 1.58. The molecular formula is C24H18Cl2N2O5. The molecule has 0 aliphatic carbocycles. The lowest BCUT2D eigenvalue weighted by Gasteiger charge is -2.09. The molecule has 0 aliphatic heterocycles. The van der Waals surface area contributed by atoms with Crippen LogP contribution in [-0.2, 0) is 6.54 Å². The molecule has 0 saturated carbocycles. The van der Waals surface area contributed by atoms with Crippen LogP contribution >= 0.6 is 23.2 Å². The van der Waals surface area contributed by atoms with Gasteiger partial charge in [-0.05, 0) is 42.0 Å². The first kappa shape index (κ1) is 22.6. The predicted octanol–water partition coefficient (Wildman–Crippen LogP) is 5.11. The Morgan fingerprint density at radius 2 is 1.70 bits per heavy atom. The van der Waals surface area contributed by atoms with Crippen molar-refractivity contribution in [3.05, 3.63) is 86.4 Å². The number of carbonyl (C=O) groups is 1. The summed E-state index contributed by atoms with van der Waals surface area (Å²) < 4.78 is 15.7. The number of aromatic nitrogens is 1.